The van der Waals surface area contributed by atoms with E-state index in [-0.39, 0.29) is 12.7 Å². The first-order valence-electron chi connectivity index (χ1n) is 15.7. The lowest BCUT2D eigenvalue weighted by Gasteiger charge is -2.18. The summed E-state index contributed by atoms with van der Waals surface area (Å²) in [5, 5.41) is 0. The number of hydrogen-bond donors (Lipinski definition) is 0. The van der Waals surface area contributed by atoms with Crippen molar-refractivity contribution in [3.8, 4) is 17.2 Å². The molecule has 2 aromatic rings. The molecule has 0 saturated carbocycles. The van der Waals surface area contributed by atoms with Crippen LogP contribution < -0.4 is 14.2 Å². The lowest BCUT2D eigenvalue weighted by Crippen LogP contribution is -2.26. The van der Waals surface area contributed by atoms with Crippen molar-refractivity contribution < 1.29 is 23.8 Å². The van der Waals surface area contributed by atoms with Gasteiger partial charge in [0.05, 0.1) is 7.11 Å². The summed E-state index contributed by atoms with van der Waals surface area (Å²) in [4.78, 5) is 28.2. The van der Waals surface area contributed by atoms with Crippen molar-refractivity contribution >= 4 is 12.3 Å². The van der Waals surface area contributed by atoms with Crippen molar-refractivity contribution in [3.63, 3.8) is 0 Å². The molecule has 8 nitrogen and oxygen atoms in total. The fourth-order valence-electron chi connectivity index (χ4n) is 5.68. The lowest BCUT2D eigenvalue weighted by molar-refractivity contribution is -0.118. The zero-order chi connectivity index (χ0) is 30.5. The summed E-state index contributed by atoms with van der Waals surface area (Å²) in [6.45, 7) is 16.8. The third kappa shape index (κ3) is 8.63. The molecule has 3 aliphatic heterocycles. The van der Waals surface area contributed by atoms with Crippen LogP contribution in [0.5, 0.6) is 17.2 Å². The summed E-state index contributed by atoms with van der Waals surface area (Å²) in [5.74, 6) is 3.07. The molecule has 232 valence electrons. The van der Waals surface area contributed by atoms with E-state index >= 15 is 0 Å². The highest BCUT2D eigenvalue weighted by Gasteiger charge is 2.31. The Morgan fingerprint density at radius 3 is 2.31 bits per heavy atom. The van der Waals surface area contributed by atoms with Crippen LogP contribution in [0.3, 0.4) is 0 Å². The summed E-state index contributed by atoms with van der Waals surface area (Å²) in [6, 6.07) is 12.7. The molecule has 2 aromatic carbocycles. The highest BCUT2D eigenvalue weighted by Crippen LogP contribution is 2.45. The van der Waals surface area contributed by atoms with Gasteiger partial charge >= 0.3 is 0 Å². The van der Waals surface area contributed by atoms with E-state index in [1.165, 1.54) is 12.0 Å². The highest BCUT2D eigenvalue weighted by molar-refractivity contribution is 5.98. The second kappa shape index (κ2) is 17.0. The fraction of sp³-hybridized carbons (Fsp3) is 0.588. The van der Waals surface area contributed by atoms with E-state index in [2.05, 4.69) is 44.7 Å². The van der Waals surface area contributed by atoms with Crippen LogP contribution in [0, 0.1) is 0 Å². The number of fused-ring (bicyclic) bond motifs is 2. The van der Waals surface area contributed by atoms with E-state index < -0.39 is 0 Å². The number of methoxy groups -OCH3 is 1. The maximum atomic E-state index is 11.6. The van der Waals surface area contributed by atoms with Crippen molar-refractivity contribution in [3.05, 3.63) is 53.1 Å². The first kappa shape index (κ1) is 33.2. The molecule has 0 aromatic heterocycles. The molecule has 0 radical (unpaired) electrons. The fourth-order valence-corrected chi connectivity index (χ4v) is 5.68. The van der Waals surface area contributed by atoms with E-state index in [0.29, 0.717) is 12.0 Å². The number of likely N-dealkylation sites (N-methyl/N-ethyl adjacent to an activating group) is 1. The van der Waals surface area contributed by atoms with Gasteiger partial charge in [-0.15, -0.1) is 0 Å². The summed E-state index contributed by atoms with van der Waals surface area (Å²) < 4.78 is 16.4. The minimum Gasteiger partial charge on any atom is -0.493 e. The molecular formula is C34H51N3O5. The van der Waals surface area contributed by atoms with Crippen molar-refractivity contribution in [1.29, 1.82) is 0 Å². The first-order chi connectivity index (χ1) is 20.4. The Bertz CT molecular complexity index is 1130. The van der Waals surface area contributed by atoms with Crippen LogP contribution in [-0.4, -0.2) is 79.7 Å². The Balaban J connectivity index is 0.000000184. The van der Waals surface area contributed by atoms with Gasteiger partial charge in [-0.25, -0.2) is 0 Å². The van der Waals surface area contributed by atoms with Gasteiger partial charge in [0.15, 0.2) is 11.5 Å². The topological polar surface area (TPSA) is 71.6 Å². The van der Waals surface area contributed by atoms with Gasteiger partial charge in [0, 0.05) is 44.3 Å². The van der Waals surface area contributed by atoms with Crippen LogP contribution in [0.25, 0.3) is 0 Å². The molecule has 42 heavy (non-hydrogen) atoms. The van der Waals surface area contributed by atoms with Gasteiger partial charge in [-0.05, 0) is 74.9 Å². The minimum absolute atomic E-state index is 0.174. The minimum atomic E-state index is 0.174. The molecule has 1 fully saturated rings. The second-order valence-corrected chi connectivity index (χ2v) is 11.2. The smallest absolute Gasteiger partial charge is 0.254 e. The van der Waals surface area contributed by atoms with Crippen LogP contribution in [0.15, 0.2) is 36.4 Å². The SMILES string of the molecule is CCCCN(C=O)CCCC.CCN1CC(c2cc(OC)c3c(c2)OCO3)CC1C.CCN1Cc2ccccc2C1=O. The molecule has 3 aliphatic rings. The third-order valence-electron chi connectivity index (χ3n) is 8.29. The van der Waals surface area contributed by atoms with Gasteiger partial charge < -0.3 is 28.9 Å². The summed E-state index contributed by atoms with van der Waals surface area (Å²) in [6.07, 6.45) is 6.74. The maximum absolute atomic E-state index is 11.6. The van der Waals surface area contributed by atoms with E-state index in [1.54, 1.807) is 7.11 Å². The van der Waals surface area contributed by atoms with Crippen LogP contribution in [0.4, 0.5) is 0 Å². The number of benzene rings is 2. The molecule has 8 heteroatoms. The Morgan fingerprint density at radius 1 is 1.02 bits per heavy atom. The highest BCUT2D eigenvalue weighted by atomic mass is 16.7. The Morgan fingerprint density at radius 2 is 1.74 bits per heavy atom. The van der Waals surface area contributed by atoms with Gasteiger partial charge in [-0.2, -0.15) is 0 Å². The van der Waals surface area contributed by atoms with Crippen molar-refractivity contribution in [1.82, 2.24) is 14.7 Å². The van der Waals surface area contributed by atoms with Crippen LogP contribution >= 0.6 is 0 Å². The van der Waals surface area contributed by atoms with E-state index in [4.69, 9.17) is 14.2 Å². The summed E-state index contributed by atoms with van der Waals surface area (Å²) >= 11 is 0. The number of rotatable bonds is 11. The standard InChI is InChI=1S/C15H21NO3.C10H11NO.C9H19NO/c1-4-16-8-12(5-10(16)2)11-6-13(17-3)15-14(7-11)18-9-19-15;1-2-11-7-8-5-3-4-6-9(8)10(11)12;1-3-5-7-10(9-11)8-6-4-2/h6-7,10,12H,4-5,8-9H2,1-3H3;3-6H,2,7H2,1H3;9H,3-8H2,1-2H3. The molecule has 1 saturated heterocycles. The average molecular weight is 582 g/mol. The van der Waals surface area contributed by atoms with Gasteiger partial charge in [0.2, 0.25) is 19.0 Å². The number of amides is 2. The number of ether oxygens (including phenoxy) is 3. The van der Waals surface area contributed by atoms with Gasteiger partial charge in [0.1, 0.15) is 0 Å². The van der Waals surface area contributed by atoms with E-state index in [0.717, 1.165) is 99.7 Å². The lowest BCUT2D eigenvalue weighted by atomic mass is 9.96. The summed E-state index contributed by atoms with van der Waals surface area (Å²) in [7, 11) is 1.68. The quantitative estimate of drug-likeness (QED) is 0.289. The monoisotopic (exact) mass is 581 g/mol. The van der Waals surface area contributed by atoms with Crippen LogP contribution in [0.2, 0.25) is 0 Å². The first-order valence-corrected chi connectivity index (χ1v) is 15.7. The number of carbonyl (C=O) groups excluding carboxylic acids is 2. The molecular weight excluding hydrogens is 530 g/mol. The predicted molar refractivity (Wildman–Crippen MR) is 167 cm³/mol. The molecule has 5 rings (SSSR count). The zero-order valence-electron chi connectivity index (χ0n) is 26.6. The molecule has 0 aliphatic carbocycles. The third-order valence-corrected chi connectivity index (χ3v) is 8.29. The molecule has 2 unspecified atom stereocenters. The van der Waals surface area contributed by atoms with Crippen LogP contribution in [0.1, 0.15) is 94.1 Å². The Hall–Kier alpha value is -3.26. The number of nitrogens with zero attached hydrogens (tertiary/aromatic N) is 3. The number of carbonyl (C=O) groups is 2. The number of hydrogen-bond acceptors (Lipinski definition) is 6. The Kier molecular flexibility index (Phi) is 13.5. The van der Waals surface area contributed by atoms with Gasteiger partial charge in [0.25, 0.3) is 5.91 Å². The van der Waals surface area contributed by atoms with Crippen LogP contribution in [-0.2, 0) is 11.3 Å². The normalized spacial score (nSPS) is 18.5. The van der Waals surface area contributed by atoms with E-state index in [1.807, 2.05) is 41.0 Å². The number of likely N-dealkylation sites (tertiary alicyclic amines) is 1. The van der Waals surface area contributed by atoms with Gasteiger partial charge in [-0.3, -0.25) is 9.59 Å². The molecule has 3 heterocycles. The second-order valence-electron chi connectivity index (χ2n) is 11.2. The number of unbranched alkanes of at least 4 members (excludes halogenated alkanes) is 2. The Labute approximate surface area is 252 Å². The summed E-state index contributed by atoms with van der Waals surface area (Å²) in [5.41, 5.74) is 3.33. The molecule has 2 amide bonds. The molecule has 0 bridgehead atoms. The molecule has 2 atom stereocenters. The van der Waals surface area contributed by atoms with Gasteiger partial charge in [-0.1, -0.05) is 51.8 Å². The molecule has 0 spiro atoms. The van der Waals surface area contributed by atoms with Crippen molar-refractivity contribution in [2.24, 2.45) is 0 Å². The van der Waals surface area contributed by atoms with Crippen molar-refractivity contribution in [2.75, 3.05) is 46.6 Å². The average Bonchev–Trinajstić information content (AvgIpc) is 3.74. The largest absolute Gasteiger partial charge is 0.493 e. The van der Waals surface area contributed by atoms with Crippen molar-refractivity contribution in [2.45, 2.75) is 85.2 Å². The maximum Gasteiger partial charge on any atom is 0.254 e. The predicted octanol–water partition coefficient (Wildman–Crippen LogP) is 6.33. The van der Waals surface area contributed by atoms with E-state index in [9.17, 15) is 9.59 Å². The zero-order valence-corrected chi connectivity index (χ0v) is 26.6. The molecule has 0 N–H and O–H groups in total.